The third kappa shape index (κ3) is 5.08. The molecule has 3 N–H and O–H groups in total. The molecule has 2 aromatic heterocycles. The van der Waals surface area contributed by atoms with Gasteiger partial charge >= 0.3 is 5.69 Å². The van der Waals surface area contributed by atoms with E-state index in [2.05, 4.69) is 25.5 Å². The van der Waals surface area contributed by atoms with Gasteiger partial charge < -0.3 is 24.2 Å². The number of anilines is 1. The highest BCUT2D eigenvalue weighted by molar-refractivity contribution is 7.99. The van der Waals surface area contributed by atoms with E-state index in [-0.39, 0.29) is 29.2 Å². The van der Waals surface area contributed by atoms with Crippen LogP contribution in [0, 0.1) is 6.92 Å². The van der Waals surface area contributed by atoms with Crippen LogP contribution in [0.5, 0.6) is 11.5 Å². The van der Waals surface area contributed by atoms with Crippen molar-refractivity contribution in [3.8, 4) is 11.5 Å². The van der Waals surface area contributed by atoms with Gasteiger partial charge in [0.2, 0.25) is 11.8 Å². The number of rotatable bonds is 8. The summed E-state index contributed by atoms with van der Waals surface area (Å²) in [6, 6.07) is 5.03. The van der Waals surface area contributed by atoms with Crippen LogP contribution < -0.4 is 26.0 Å². The summed E-state index contributed by atoms with van der Waals surface area (Å²) in [5, 5.41) is 10.7. The summed E-state index contributed by atoms with van der Waals surface area (Å²) >= 11 is 1.06. The molecular weight excluding hydrogens is 414 g/mol. The van der Waals surface area contributed by atoms with Gasteiger partial charge in [-0.3, -0.25) is 14.6 Å². The van der Waals surface area contributed by atoms with Crippen LogP contribution in [0.4, 0.5) is 5.69 Å². The van der Waals surface area contributed by atoms with Crippen LogP contribution in [0.25, 0.3) is 0 Å². The molecule has 0 bridgehead atoms. The van der Waals surface area contributed by atoms with Gasteiger partial charge in [-0.25, -0.2) is 4.79 Å². The summed E-state index contributed by atoms with van der Waals surface area (Å²) in [4.78, 5) is 40.0. The maximum absolute atomic E-state index is 12.2. The van der Waals surface area contributed by atoms with E-state index in [4.69, 9.17) is 13.9 Å². The number of hydrogen-bond acceptors (Lipinski definition) is 9. The van der Waals surface area contributed by atoms with Crippen molar-refractivity contribution in [1.29, 1.82) is 0 Å². The molecule has 0 aliphatic carbocycles. The Kier molecular flexibility index (Phi) is 6.57. The Hall–Kier alpha value is -3.54. The smallest absolute Gasteiger partial charge is 0.325 e. The number of benzene rings is 1. The molecular formula is C18H19N5O6S. The number of aromatic nitrogens is 4. The van der Waals surface area contributed by atoms with Crippen LogP contribution in [-0.2, 0) is 11.2 Å². The predicted molar refractivity (Wildman–Crippen MR) is 108 cm³/mol. The van der Waals surface area contributed by atoms with Crippen LogP contribution in [0.1, 0.15) is 17.1 Å². The van der Waals surface area contributed by atoms with Gasteiger partial charge in [0.1, 0.15) is 0 Å². The highest BCUT2D eigenvalue weighted by Crippen LogP contribution is 2.29. The Morgan fingerprint density at radius 3 is 2.63 bits per heavy atom. The molecule has 0 unspecified atom stereocenters. The van der Waals surface area contributed by atoms with Crippen molar-refractivity contribution in [2.24, 2.45) is 0 Å². The minimum Gasteiger partial charge on any atom is -0.493 e. The average molecular weight is 433 g/mol. The van der Waals surface area contributed by atoms with Crippen molar-refractivity contribution in [3.05, 3.63) is 56.2 Å². The lowest BCUT2D eigenvalue weighted by Gasteiger charge is -2.10. The van der Waals surface area contributed by atoms with Gasteiger partial charge in [-0.05, 0) is 19.1 Å². The van der Waals surface area contributed by atoms with Crippen molar-refractivity contribution in [2.45, 2.75) is 18.6 Å². The molecule has 0 saturated carbocycles. The first-order valence-electron chi connectivity index (χ1n) is 8.68. The molecule has 0 fully saturated rings. The zero-order chi connectivity index (χ0) is 21.7. The molecule has 0 saturated heterocycles. The summed E-state index contributed by atoms with van der Waals surface area (Å²) in [5.74, 6) is 1.00. The first-order valence-corrected chi connectivity index (χ1v) is 9.67. The Labute approximate surface area is 174 Å². The molecule has 0 radical (unpaired) electrons. The van der Waals surface area contributed by atoms with E-state index in [0.29, 0.717) is 28.4 Å². The zero-order valence-electron chi connectivity index (χ0n) is 16.4. The largest absolute Gasteiger partial charge is 0.493 e. The van der Waals surface area contributed by atoms with Gasteiger partial charge in [-0.2, -0.15) is 0 Å². The van der Waals surface area contributed by atoms with Gasteiger partial charge in [0, 0.05) is 23.0 Å². The molecule has 0 aliphatic heterocycles. The molecule has 1 aromatic carbocycles. The summed E-state index contributed by atoms with van der Waals surface area (Å²) in [5.41, 5.74) is 0.199. The molecule has 1 amide bonds. The number of carbonyl (C=O) groups is 1. The van der Waals surface area contributed by atoms with Gasteiger partial charge in [-0.1, -0.05) is 11.8 Å². The summed E-state index contributed by atoms with van der Waals surface area (Å²) < 4.78 is 15.8. The van der Waals surface area contributed by atoms with E-state index >= 15 is 0 Å². The number of methoxy groups -OCH3 is 2. The number of nitrogens with zero attached hydrogens (tertiary/aromatic N) is 2. The second-order valence-electron chi connectivity index (χ2n) is 6.06. The number of aromatic amines is 2. The topological polar surface area (TPSA) is 152 Å². The van der Waals surface area contributed by atoms with Crippen LogP contribution in [0.15, 0.2) is 37.4 Å². The molecule has 30 heavy (non-hydrogen) atoms. The molecule has 3 rings (SSSR count). The first kappa shape index (κ1) is 21.2. The van der Waals surface area contributed by atoms with Crippen molar-refractivity contribution in [3.63, 3.8) is 0 Å². The van der Waals surface area contributed by atoms with Crippen LogP contribution in [0.3, 0.4) is 0 Å². The van der Waals surface area contributed by atoms with Gasteiger partial charge in [0.05, 0.1) is 26.4 Å². The minimum absolute atomic E-state index is 0.0360. The van der Waals surface area contributed by atoms with Crippen molar-refractivity contribution in [1.82, 2.24) is 20.2 Å². The lowest BCUT2D eigenvalue weighted by atomic mass is 10.2. The second-order valence-corrected chi connectivity index (χ2v) is 6.98. The van der Waals surface area contributed by atoms with Crippen molar-refractivity contribution < 1.29 is 18.7 Å². The monoisotopic (exact) mass is 433 g/mol. The predicted octanol–water partition coefficient (Wildman–Crippen LogP) is 1.09. The first-order chi connectivity index (χ1) is 14.4. The van der Waals surface area contributed by atoms with E-state index in [9.17, 15) is 14.4 Å². The minimum atomic E-state index is -0.580. The van der Waals surface area contributed by atoms with Crippen LogP contribution >= 0.6 is 11.8 Å². The quantitative estimate of drug-likeness (QED) is 0.443. The Morgan fingerprint density at radius 2 is 1.93 bits per heavy atom. The third-order valence-corrected chi connectivity index (χ3v) is 4.84. The lowest BCUT2D eigenvalue weighted by Crippen LogP contribution is -2.27. The van der Waals surface area contributed by atoms with Crippen LogP contribution in [0.2, 0.25) is 0 Å². The summed E-state index contributed by atoms with van der Waals surface area (Å²) in [7, 11) is 3.04. The normalized spacial score (nSPS) is 10.6. The Bertz CT molecular complexity index is 1170. The second kappa shape index (κ2) is 9.31. The van der Waals surface area contributed by atoms with Gasteiger partial charge in [0.25, 0.3) is 10.8 Å². The molecule has 12 heteroatoms. The summed E-state index contributed by atoms with van der Waals surface area (Å²) in [6.45, 7) is 1.61. The third-order valence-electron chi connectivity index (χ3n) is 4.03. The zero-order valence-corrected chi connectivity index (χ0v) is 17.2. The number of amides is 1. The van der Waals surface area contributed by atoms with Gasteiger partial charge in [0.15, 0.2) is 11.5 Å². The molecule has 3 aromatic rings. The number of H-pyrrole nitrogens is 2. The number of thioether (sulfide) groups is 1. The SMILES string of the molecule is COc1ccc(NC(=O)CSc2nnc(Cc3c(C)[nH]c(=O)[nH]c3=O)o2)cc1OC. The molecule has 0 aliphatic rings. The van der Waals surface area contributed by atoms with Gasteiger partial charge in [-0.15, -0.1) is 10.2 Å². The number of ether oxygens (including phenoxy) is 2. The molecule has 0 spiro atoms. The Balaban J connectivity index is 1.58. The van der Waals surface area contributed by atoms with E-state index < -0.39 is 11.2 Å². The van der Waals surface area contributed by atoms with E-state index in [1.807, 2.05) is 0 Å². The number of aryl methyl sites for hydroxylation is 1. The van der Waals surface area contributed by atoms with E-state index in [1.54, 1.807) is 25.1 Å². The average Bonchev–Trinajstić information content (AvgIpc) is 3.16. The fourth-order valence-corrected chi connectivity index (χ4v) is 3.18. The van der Waals surface area contributed by atoms with Crippen LogP contribution in [-0.4, -0.2) is 46.0 Å². The fraction of sp³-hybridized carbons (Fsp3) is 0.278. The number of nitrogens with one attached hydrogen (secondary N) is 3. The van der Waals surface area contributed by atoms with E-state index in [0.717, 1.165) is 11.8 Å². The number of carbonyl (C=O) groups excluding carboxylic acids is 1. The highest BCUT2D eigenvalue weighted by Gasteiger charge is 2.14. The lowest BCUT2D eigenvalue weighted by molar-refractivity contribution is -0.113. The molecule has 0 atom stereocenters. The standard InChI is InChI=1S/C18H19N5O6S/c1-9-11(16(25)21-17(26)19-9)7-15-22-23-18(29-15)30-8-14(24)20-10-4-5-12(27-2)13(6-10)28-3/h4-6H,7-8H2,1-3H3,(H,20,24)(H2,19,21,25,26). The molecule has 2 heterocycles. The molecule has 158 valence electrons. The maximum Gasteiger partial charge on any atom is 0.325 e. The highest BCUT2D eigenvalue weighted by atomic mass is 32.2. The Morgan fingerprint density at radius 1 is 1.17 bits per heavy atom. The molecule has 11 nitrogen and oxygen atoms in total. The summed E-state index contributed by atoms with van der Waals surface area (Å²) in [6.07, 6.45) is 0.0589. The van der Waals surface area contributed by atoms with Crippen molar-refractivity contribution in [2.75, 3.05) is 25.3 Å². The number of hydrogen-bond donors (Lipinski definition) is 3. The maximum atomic E-state index is 12.2. The van der Waals surface area contributed by atoms with E-state index in [1.165, 1.54) is 14.2 Å². The fourth-order valence-electron chi connectivity index (χ4n) is 2.60. The van der Waals surface area contributed by atoms with Crippen molar-refractivity contribution >= 4 is 23.4 Å².